The number of carbonyl (C=O) groups is 2. The van der Waals surface area contributed by atoms with E-state index in [1.54, 1.807) is 12.1 Å². The van der Waals surface area contributed by atoms with E-state index in [4.69, 9.17) is 27.9 Å². The predicted octanol–water partition coefficient (Wildman–Crippen LogP) is 4.16. The highest BCUT2D eigenvalue weighted by molar-refractivity contribution is 8.00. The van der Waals surface area contributed by atoms with Gasteiger partial charge in [-0.15, -0.1) is 11.8 Å². The molecule has 4 rings (SSSR count). The lowest BCUT2D eigenvalue weighted by Crippen LogP contribution is -2.46. The van der Waals surface area contributed by atoms with Crippen LogP contribution in [-0.2, 0) is 9.59 Å². The number of thioether (sulfide) groups is 1. The van der Waals surface area contributed by atoms with Gasteiger partial charge in [0.1, 0.15) is 11.1 Å². The molecular formula is C19H15Cl2N3O3S. The number of benzene rings is 2. The van der Waals surface area contributed by atoms with Gasteiger partial charge in [-0.25, -0.2) is 5.01 Å². The van der Waals surface area contributed by atoms with Gasteiger partial charge < -0.3 is 9.72 Å². The maximum absolute atomic E-state index is 12.4. The Bertz CT molecular complexity index is 1060. The van der Waals surface area contributed by atoms with Gasteiger partial charge in [-0.1, -0.05) is 41.4 Å². The first-order valence-corrected chi connectivity index (χ1v) is 10.2. The lowest BCUT2D eigenvalue weighted by atomic mass is 10.1. The van der Waals surface area contributed by atoms with Crippen LogP contribution in [0.3, 0.4) is 0 Å². The van der Waals surface area contributed by atoms with Crippen molar-refractivity contribution in [3.05, 3.63) is 64.3 Å². The largest absolute Gasteiger partial charge is 0.482 e. The number of halogens is 2. The van der Waals surface area contributed by atoms with Crippen molar-refractivity contribution in [2.45, 2.75) is 5.37 Å². The van der Waals surface area contributed by atoms with E-state index in [9.17, 15) is 9.59 Å². The Hall–Kier alpha value is -2.35. The van der Waals surface area contributed by atoms with Gasteiger partial charge in [-0.2, -0.15) is 0 Å². The molecule has 0 saturated carbocycles. The van der Waals surface area contributed by atoms with E-state index in [0.717, 1.165) is 16.5 Å². The highest BCUT2D eigenvalue weighted by atomic mass is 35.5. The minimum atomic E-state index is -0.452. The summed E-state index contributed by atoms with van der Waals surface area (Å²) in [6.45, 7) is -0.281. The van der Waals surface area contributed by atoms with E-state index in [2.05, 4.69) is 10.4 Å². The molecule has 2 amide bonds. The zero-order chi connectivity index (χ0) is 19.7. The number of hydrazine groups is 1. The van der Waals surface area contributed by atoms with Gasteiger partial charge in [0.25, 0.3) is 11.8 Å². The minimum Gasteiger partial charge on any atom is -0.482 e. The van der Waals surface area contributed by atoms with Crippen molar-refractivity contribution in [2.75, 3.05) is 12.4 Å². The fraction of sp³-hybridized carbons (Fsp3) is 0.158. The number of hydrogen-bond donors (Lipinski definition) is 2. The van der Waals surface area contributed by atoms with Crippen molar-refractivity contribution >= 4 is 57.7 Å². The molecule has 1 fully saturated rings. The highest BCUT2D eigenvalue weighted by Crippen LogP contribution is 2.40. The zero-order valence-corrected chi connectivity index (χ0v) is 16.8. The van der Waals surface area contributed by atoms with Crippen LogP contribution in [0.25, 0.3) is 10.9 Å². The van der Waals surface area contributed by atoms with Crippen molar-refractivity contribution in [2.24, 2.45) is 0 Å². The van der Waals surface area contributed by atoms with E-state index < -0.39 is 5.91 Å². The van der Waals surface area contributed by atoms with Gasteiger partial charge in [0.2, 0.25) is 0 Å². The summed E-state index contributed by atoms with van der Waals surface area (Å²) in [5.74, 6) is 0.00954. The van der Waals surface area contributed by atoms with Crippen molar-refractivity contribution in [3.8, 4) is 5.75 Å². The number of H-pyrrole nitrogens is 1. The van der Waals surface area contributed by atoms with Gasteiger partial charge >= 0.3 is 0 Å². The average Bonchev–Trinajstić information content (AvgIpc) is 3.25. The molecule has 1 aliphatic heterocycles. The molecule has 6 nitrogen and oxygen atoms in total. The third kappa shape index (κ3) is 3.78. The lowest BCUT2D eigenvalue weighted by molar-refractivity contribution is -0.140. The number of carbonyl (C=O) groups excluding carboxylic acids is 2. The summed E-state index contributed by atoms with van der Waals surface area (Å²) in [7, 11) is 0. The maximum atomic E-state index is 12.4. The maximum Gasteiger partial charge on any atom is 0.276 e. The molecule has 1 aromatic heterocycles. The van der Waals surface area contributed by atoms with Crippen LogP contribution in [-0.4, -0.2) is 34.2 Å². The second kappa shape index (κ2) is 7.95. The van der Waals surface area contributed by atoms with Gasteiger partial charge in [-0.3, -0.25) is 15.0 Å². The summed E-state index contributed by atoms with van der Waals surface area (Å²) in [5, 5.41) is 2.84. The Morgan fingerprint density at radius 2 is 2.11 bits per heavy atom. The van der Waals surface area contributed by atoms with Gasteiger partial charge in [0, 0.05) is 27.7 Å². The quantitative estimate of drug-likeness (QED) is 0.630. The second-order valence-electron chi connectivity index (χ2n) is 6.12. The van der Waals surface area contributed by atoms with Gasteiger partial charge in [-0.05, 0) is 24.3 Å². The summed E-state index contributed by atoms with van der Waals surface area (Å²) in [5.41, 5.74) is 4.56. The Kier molecular flexibility index (Phi) is 5.39. The summed E-state index contributed by atoms with van der Waals surface area (Å²) >= 11 is 13.3. The number of rotatable bonds is 5. The van der Waals surface area contributed by atoms with Crippen LogP contribution < -0.4 is 10.2 Å². The Labute approximate surface area is 175 Å². The normalized spacial score (nSPS) is 16.6. The summed E-state index contributed by atoms with van der Waals surface area (Å²) in [6, 6.07) is 12.6. The van der Waals surface area contributed by atoms with Gasteiger partial charge in [0.15, 0.2) is 6.61 Å². The Morgan fingerprint density at radius 1 is 1.29 bits per heavy atom. The third-order valence-electron chi connectivity index (χ3n) is 4.25. The number of hydrogen-bond acceptors (Lipinski definition) is 4. The predicted molar refractivity (Wildman–Crippen MR) is 110 cm³/mol. The topological polar surface area (TPSA) is 74.4 Å². The van der Waals surface area contributed by atoms with Crippen LogP contribution in [0, 0.1) is 0 Å². The lowest BCUT2D eigenvalue weighted by Gasteiger charge is -2.24. The molecule has 0 bridgehead atoms. The zero-order valence-electron chi connectivity index (χ0n) is 14.4. The molecule has 3 aromatic rings. The van der Waals surface area contributed by atoms with E-state index in [-0.39, 0.29) is 23.6 Å². The van der Waals surface area contributed by atoms with Crippen LogP contribution in [0.5, 0.6) is 5.75 Å². The Balaban J connectivity index is 1.46. The number of amides is 2. The molecule has 1 atom stereocenters. The van der Waals surface area contributed by atoms with Crippen LogP contribution in [0.15, 0.2) is 48.7 Å². The van der Waals surface area contributed by atoms with E-state index in [1.807, 2.05) is 30.5 Å². The number of nitrogens with zero attached hydrogens (tertiary/aromatic N) is 1. The molecule has 1 saturated heterocycles. The second-order valence-corrected chi connectivity index (χ2v) is 8.03. The SMILES string of the molecule is O=C(COc1ccc(Cl)cc1Cl)NN1C(=O)CS[C@H]1c1c[nH]c2ccccc12. The molecule has 0 radical (unpaired) electrons. The van der Waals surface area contributed by atoms with Crippen LogP contribution in [0.4, 0.5) is 0 Å². The molecule has 1 aliphatic rings. The van der Waals surface area contributed by atoms with E-state index in [0.29, 0.717) is 15.8 Å². The number of para-hydroxylation sites is 1. The molecule has 0 aliphatic carbocycles. The van der Waals surface area contributed by atoms with Crippen LogP contribution in [0.1, 0.15) is 10.9 Å². The molecule has 9 heteroatoms. The fourth-order valence-corrected chi connectivity index (χ4v) is 4.57. The number of ether oxygens (including phenoxy) is 1. The molecule has 28 heavy (non-hydrogen) atoms. The van der Waals surface area contributed by atoms with Crippen molar-refractivity contribution in [3.63, 3.8) is 0 Å². The first kappa shape index (κ1) is 19.0. The summed E-state index contributed by atoms with van der Waals surface area (Å²) in [6.07, 6.45) is 1.87. The highest BCUT2D eigenvalue weighted by Gasteiger charge is 2.35. The number of nitrogens with one attached hydrogen (secondary N) is 2. The third-order valence-corrected chi connectivity index (χ3v) is 5.98. The molecule has 2 N–H and O–H groups in total. The number of fused-ring (bicyclic) bond motifs is 1. The molecule has 0 unspecified atom stereocenters. The monoisotopic (exact) mass is 435 g/mol. The molecule has 144 valence electrons. The van der Waals surface area contributed by atoms with Crippen LogP contribution >= 0.6 is 35.0 Å². The molecule has 2 aromatic carbocycles. The smallest absolute Gasteiger partial charge is 0.276 e. The van der Waals surface area contributed by atoms with E-state index >= 15 is 0 Å². The van der Waals surface area contributed by atoms with Crippen molar-refractivity contribution in [1.82, 2.24) is 15.4 Å². The minimum absolute atomic E-state index is 0.168. The fourth-order valence-electron chi connectivity index (χ4n) is 2.98. The van der Waals surface area contributed by atoms with Crippen molar-refractivity contribution < 1.29 is 14.3 Å². The summed E-state index contributed by atoms with van der Waals surface area (Å²) < 4.78 is 5.44. The first-order valence-electron chi connectivity index (χ1n) is 8.40. The van der Waals surface area contributed by atoms with E-state index in [1.165, 1.54) is 22.8 Å². The standard InChI is InChI=1S/C19H15Cl2N3O3S/c20-11-5-6-16(14(21)7-11)27-9-17(25)23-24-18(26)10-28-19(24)13-8-22-15-4-2-1-3-12(13)15/h1-8,19,22H,9-10H2,(H,23,25)/t19-/m0/s1. The van der Waals surface area contributed by atoms with Crippen molar-refractivity contribution in [1.29, 1.82) is 0 Å². The first-order chi connectivity index (χ1) is 13.5. The average molecular weight is 436 g/mol. The molecular weight excluding hydrogens is 421 g/mol. The van der Waals surface area contributed by atoms with Gasteiger partial charge in [0.05, 0.1) is 10.8 Å². The Morgan fingerprint density at radius 3 is 2.93 bits per heavy atom. The molecule has 0 spiro atoms. The summed E-state index contributed by atoms with van der Waals surface area (Å²) in [4.78, 5) is 27.9. The number of aromatic amines is 1. The number of aromatic nitrogens is 1. The van der Waals surface area contributed by atoms with Crippen LogP contribution in [0.2, 0.25) is 10.0 Å². The molecule has 2 heterocycles.